The Morgan fingerprint density at radius 1 is 0.634 bits per heavy atom. The first-order chi connectivity index (χ1) is 19.5. The second-order valence-corrected chi connectivity index (χ2v) is 15.5. The van der Waals surface area contributed by atoms with Crippen molar-refractivity contribution in [2.24, 2.45) is 0 Å². The second kappa shape index (κ2) is 17.2. The quantitative estimate of drug-likeness (QED) is 0.129. The van der Waals surface area contributed by atoms with E-state index in [4.69, 9.17) is 25.7 Å². The Morgan fingerprint density at radius 3 is 1.51 bits per heavy atom. The highest BCUT2D eigenvalue weighted by Gasteiger charge is 2.09. The van der Waals surface area contributed by atoms with Crippen LogP contribution >= 0.6 is 47.3 Å². The number of benzene rings is 4. The highest BCUT2D eigenvalue weighted by molar-refractivity contribution is 9.69. The van der Waals surface area contributed by atoms with Crippen LogP contribution in [0.3, 0.4) is 0 Å². The number of rotatable bonds is 7. The number of hydrogen-bond acceptors (Lipinski definition) is 6. The van der Waals surface area contributed by atoms with E-state index in [0.717, 1.165) is 35.3 Å². The average molecular weight is 751 g/mol. The molecule has 10 heteroatoms. The number of nitrogen functional groups attached to an aromatic ring is 2. The maximum atomic E-state index is 9.88. The number of methoxy groups -OCH3 is 1. The lowest BCUT2D eigenvalue weighted by atomic mass is 10.1. The van der Waals surface area contributed by atoms with Gasteiger partial charge < -0.3 is 30.8 Å². The van der Waals surface area contributed by atoms with E-state index in [1.54, 1.807) is 25.3 Å². The van der Waals surface area contributed by atoms with Crippen molar-refractivity contribution >= 4 is 61.8 Å². The fourth-order valence-corrected chi connectivity index (χ4v) is 3.58. The lowest BCUT2D eigenvalue weighted by molar-refractivity contribution is 0.379. The van der Waals surface area contributed by atoms with Gasteiger partial charge in [-0.3, -0.25) is 0 Å². The number of phenols is 1. The summed E-state index contributed by atoms with van der Waals surface area (Å²) in [6.45, 7) is 8.11. The molecule has 0 saturated heterocycles. The molecule has 0 saturated carbocycles. The minimum atomic E-state index is 0.134. The molecule has 0 aliphatic heterocycles. The van der Waals surface area contributed by atoms with Crippen LogP contribution in [-0.2, 0) is 12.8 Å². The predicted molar refractivity (Wildman–Crippen MR) is 184 cm³/mol. The normalized spacial score (nSPS) is 9.95. The number of ether oxygens (including phenoxy) is 3. The van der Waals surface area contributed by atoms with E-state index in [1.165, 1.54) is 5.56 Å². The molecule has 0 atom stereocenters. The number of anilines is 2. The molecule has 4 rings (SSSR count). The summed E-state index contributed by atoms with van der Waals surface area (Å²) in [6.07, 6.45) is 1.84. The molecule has 0 spiro atoms. The fraction of sp³-hybridized carbons (Fsp3) is 0.226. The molecule has 0 fully saturated rings. The van der Waals surface area contributed by atoms with E-state index in [2.05, 4.69) is 54.2 Å². The maximum Gasteiger partial charge on any atom is 0.369 e. The van der Waals surface area contributed by atoms with Crippen molar-refractivity contribution in [3.05, 3.63) is 95.1 Å². The Balaban J connectivity index is 0.000000254. The summed E-state index contributed by atoms with van der Waals surface area (Å²) >= 11 is 9.31. The summed E-state index contributed by atoms with van der Waals surface area (Å²) in [7, 11) is 1.64. The van der Waals surface area contributed by atoms with Crippen LogP contribution in [0.4, 0.5) is 11.4 Å². The van der Waals surface area contributed by atoms with E-state index in [-0.39, 0.29) is 8.93 Å². The minimum absolute atomic E-state index is 0.134. The van der Waals surface area contributed by atoms with Crippen LogP contribution in [0, 0.1) is 13.8 Å². The molecule has 0 aliphatic carbocycles. The highest BCUT2D eigenvalue weighted by atomic mass is 79.9. The van der Waals surface area contributed by atoms with Crippen LogP contribution in [0.5, 0.6) is 34.5 Å². The first kappa shape index (κ1) is 34.4. The molecule has 41 heavy (non-hydrogen) atoms. The zero-order valence-electron chi connectivity index (χ0n) is 23.9. The third-order valence-electron chi connectivity index (χ3n) is 5.85. The topological polar surface area (TPSA) is 100.0 Å². The summed E-state index contributed by atoms with van der Waals surface area (Å²) in [5, 5.41) is 9.88. The van der Waals surface area contributed by atoms with E-state index in [1.807, 2.05) is 75.4 Å². The van der Waals surface area contributed by atoms with Gasteiger partial charge in [0, 0.05) is 0 Å². The molecule has 4 aromatic carbocycles. The SMILES string of the molecule is BrB(Br)Br.CCc1ccc(Oc2cc(C)ccc2N)c(O)c1.CCc1ccc(Oc2cc(C)ccc2N)c(OC)c1. The fourth-order valence-electron chi connectivity index (χ4n) is 3.58. The Hall–Kier alpha value is -2.82. The Bertz CT molecular complexity index is 1420. The van der Waals surface area contributed by atoms with Crippen LogP contribution in [0.15, 0.2) is 72.8 Å². The number of hydrogen-bond donors (Lipinski definition) is 3. The van der Waals surface area contributed by atoms with Crippen LogP contribution < -0.4 is 25.7 Å². The predicted octanol–water partition coefficient (Wildman–Crippen LogP) is 9.73. The standard InChI is InChI=1S/C16H19NO2.C15H17NO2.BBr3/c1-4-12-6-8-14(16(10-12)18-3)19-15-9-11(2)5-7-13(15)17;1-3-11-5-7-14(13(17)9-11)18-15-8-10(2)4-6-12(15)16;2-1(3)4/h5-10H,4,17H2,1-3H3;4-9,17H,3,16H2,1-2H3;. The second-order valence-electron chi connectivity index (χ2n) is 9.03. The summed E-state index contributed by atoms with van der Waals surface area (Å²) < 4.78 is 17.1. The molecule has 0 heterocycles. The van der Waals surface area contributed by atoms with Crippen molar-refractivity contribution in [1.82, 2.24) is 0 Å². The van der Waals surface area contributed by atoms with Gasteiger partial charge >= 0.3 is 3.18 Å². The summed E-state index contributed by atoms with van der Waals surface area (Å²) in [6, 6.07) is 22.6. The summed E-state index contributed by atoms with van der Waals surface area (Å²) in [4.78, 5) is 0. The first-order valence-corrected chi connectivity index (χ1v) is 15.7. The van der Waals surface area contributed by atoms with Crippen LogP contribution in [-0.4, -0.2) is 15.4 Å². The number of phenolic OH excluding ortho intramolecular Hbond substituents is 1. The van der Waals surface area contributed by atoms with Gasteiger partial charge in [-0.2, -0.15) is 0 Å². The number of nitrogens with two attached hydrogens (primary N) is 2. The van der Waals surface area contributed by atoms with Crippen molar-refractivity contribution < 1.29 is 19.3 Å². The van der Waals surface area contributed by atoms with Crippen molar-refractivity contribution in [3.8, 4) is 34.5 Å². The molecule has 218 valence electrons. The van der Waals surface area contributed by atoms with Gasteiger partial charge in [-0.1, -0.05) is 38.1 Å². The first-order valence-electron chi connectivity index (χ1n) is 13.0. The Kier molecular flexibility index (Phi) is 14.4. The Labute approximate surface area is 268 Å². The maximum absolute atomic E-state index is 9.88. The van der Waals surface area contributed by atoms with Crippen molar-refractivity contribution in [2.45, 2.75) is 40.5 Å². The summed E-state index contributed by atoms with van der Waals surface area (Å²) in [5.74, 6) is 3.18. The number of halogens is 3. The van der Waals surface area contributed by atoms with Gasteiger partial charge in [0.1, 0.15) is 0 Å². The molecule has 4 aromatic rings. The highest BCUT2D eigenvalue weighted by Crippen LogP contribution is 2.36. The van der Waals surface area contributed by atoms with Gasteiger partial charge in [0.05, 0.1) is 18.5 Å². The van der Waals surface area contributed by atoms with Crippen molar-refractivity contribution in [1.29, 1.82) is 0 Å². The monoisotopic (exact) mass is 748 g/mol. The number of aromatic hydroxyl groups is 1. The molecule has 5 N–H and O–H groups in total. The third-order valence-corrected chi connectivity index (χ3v) is 5.85. The Morgan fingerprint density at radius 2 is 1.07 bits per heavy atom. The minimum Gasteiger partial charge on any atom is -0.504 e. The molecule has 0 radical (unpaired) electrons. The molecular formula is C31H36BBr3N2O4. The molecular weight excluding hydrogens is 715 g/mol. The zero-order valence-corrected chi connectivity index (χ0v) is 28.6. The molecule has 0 unspecified atom stereocenters. The van der Waals surface area contributed by atoms with Gasteiger partial charge in [0.2, 0.25) is 0 Å². The average Bonchev–Trinajstić information content (AvgIpc) is 2.94. The van der Waals surface area contributed by atoms with E-state index >= 15 is 0 Å². The smallest absolute Gasteiger partial charge is 0.369 e. The third kappa shape index (κ3) is 11.5. The van der Waals surface area contributed by atoms with E-state index in [0.29, 0.717) is 34.4 Å². The van der Waals surface area contributed by atoms with Crippen molar-refractivity contribution in [2.75, 3.05) is 18.6 Å². The molecule has 6 nitrogen and oxygen atoms in total. The van der Waals surface area contributed by atoms with Crippen LogP contribution in [0.25, 0.3) is 0 Å². The van der Waals surface area contributed by atoms with Gasteiger partial charge in [-0.15, -0.1) is 47.3 Å². The molecule has 0 bridgehead atoms. The van der Waals surface area contributed by atoms with E-state index in [9.17, 15) is 5.11 Å². The number of aryl methyl sites for hydroxylation is 4. The summed E-state index contributed by atoms with van der Waals surface area (Å²) in [5.41, 5.74) is 17.4. The largest absolute Gasteiger partial charge is 0.504 e. The van der Waals surface area contributed by atoms with Crippen LogP contribution in [0.2, 0.25) is 0 Å². The lowest BCUT2D eigenvalue weighted by Crippen LogP contribution is -1.95. The van der Waals surface area contributed by atoms with Crippen LogP contribution in [0.1, 0.15) is 36.1 Å². The van der Waals surface area contributed by atoms with Crippen molar-refractivity contribution in [3.63, 3.8) is 0 Å². The lowest BCUT2D eigenvalue weighted by Gasteiger charge is -2.13. The van der Waals surface area contributed by atoms with E-state index < -0.39 is 0 Å². The van der Waals surface area contributed by atoms with Gasteiger partial charge in [0.15, 0.2) is 34.5 Å². The van der Waals surface area contributed by atoms with Gasteiger partial charge in [0.25, 0.3) is 0 Å². The molecule has 0 amide bonds. The molecule has 0 aliphatic rings. The molecule has 0 aromatic heterocycles. The zero-order chi connectivity index (χ0) is 30.5. The van der Waals surface area contributed by atoms with Gasteiger partial charge in [-0.05, 0) is 97.5 Å². The van der Waals surface area contributed by atoms with Gasteiger partial charge in [-0.25, -0.2) is 0 Å².